The van der Waals surface area contributed by atoms with Crippen LogP contribution < -0.4 is 4.74 Å². The molecule has 0 amide bonds. The minimum absolute atomic E-state index is 0.765. The van der Waals surface area contributed by atoms with Gasteiger partial charge in [-0.05, 0) is 91.2 Å². The molecule has 5 nitrogen and oxygen atoms in total. The fraction of sp³-hybridized carbons (Fsp3) is 0.0769. The van der Waals surface area contributed by atoms with Gasteiger partial charge in [-0.15, -0.1) is 0 Å². The molecule has 5 aromatic carbocycles. The molecule has 0 N–H and O–H groups in total. The SMILES string of the molecule is Cc1cc(C)c(-c2cn3c4ccccc4c4ccc(Oc5ccc6c7ccccc7n7ccnc7c6c5)cc4c3n2)c(C)c1. The molecule has 0 atom stereocenters. The Hall–Kier alpha value is -5.68. The number of benzene rings is 5. The number of fused-ring (bicyclic) bond motifs is 12. The van der Waals surface area contributed by atoms with Crippen LogP contribution in [0.3, 0.4) is 0 Å². The van der Waals surface area contributed by atoms with Gasteiger partial charge < -0.3 is 4.74 Å². The van der Waals surface area contributed by atoms with E-state index < -0.39 is 0 Å². The number of hydrogen-bond acceptors (Lipinski definition) is 3. The van der Waals surface area contributed by atoms with Gasteiger partial charge in [-0.2, -0.15) is 0 Å². The van der Waals surface area contributed by atoms with E-state index in [0.717, 1.165) is 61.1 Å². The van der Waals surface area contributed by atoms with Gasteiger partial charge in [0.1, 0.15) is 22.8 Å². The molecule has 0 radical (unpaired) electrons. The van der Waals surface area contributed by atoms with Crippen LogP contribution >= 0.6 is 0 Å². The first-order valence-electron chi connectivity index (χ1n) is 14.9. The Labute approximate surface area is 253 Å². The fourth-order valence-corrected chi connectivity index (χ4v) is 7.13. The summed E-state index contributed by atoms with van der Waals surface area (Å²) < 4.78 is 10.9. The number of para-hydroxylation sites is 2. The van der Waals surface area contributed by atoms with Crippen LogP contribution in [-0.2, 0) is 0 Å². The van der Waals surface area contributed by atoms with Gasteiger partial charge in [-0.3, -0.25) is 8.80 Å². The van der Waals surface area contributed by atoms with Gasteiger partial charge in [0, 0.05) is 45.7 Å². The number of aryl methyl sites for hydroxylation is 3. The van der Waals surface area contributed by atoms with Crippen LogP contribution in [0.5, 0.6) is 11.5 Å². The minimum atomic E-state index is 0.765. The molecule has 0 spiro atoms. The van der Waals surface area contributed by atoms with Crippen molar-refractivity contribution in [1.82, 2.24) is 18.8 Å². The Kier molecular flexibility index (Phi) is 5.18. The molecule has 44 heavy (non-hydrogen) atoms. The molecule has 9 aromatic rings. The van der Waals surface area contributed by atoms with Gasteiger partial charge in [0.05, 0.1) is 16.7 Å². The molecule has 0 aliphatic rings. The normalized spacial score (nSPS) is 12.0. The molecule has 9 rings (SSSR count). The molecule has 0 bridgehead atoms. The maximum Gasteiger partial charge on any atom is 0.146 e. The summed E-state index contributed by atoms with van der Waals surface area (Å²) in [4.78, 5) is 9.95. The van der Waals surface area contributed by atoms with Crippen LogP contribution in [0.25, 0.3) is 65.9 Å². The third-order valence-electron chi connectivity index (χ3n) is 8.89. The summed E-state index contributed by atoms with van der Waals surface area (Å²) in [6, 6.07) is 34.1. The van der Waals surface area contributed by atoms with Gasteiger partial charge in [-0.1, -0.05) is 54.1 Å². The lowest BCUT2D eigenvalue weighted by Crippen LogP contribution is -1.92. The van der Waals surface area contributed by atoms with E-state index in [4.69, 9.17) is 9.72 Å². The van der Waals surface area contributed by atoms with E-state index >= 15 is 0 Å². The monoisotopic (exact) mass is 568 g/mol. The van der Waals surface area contributed by atoms with Crippen molar-refractivity contribution >= 4 is 54.6 Å². The predicted molar refractivity (Wildman–Crippen MR) is 180 cm³/mol. The number of nitrogens with zero attached hydrogens (tertiary/aromatic N) is 4. The van der Waals surface area contributed by atoms with Crippen LogP contribution in [0.1, 0.15) is 16.7 Å². The summed E-state index contributed by atoms with van der Waals surface area (Å²) in [5.41, 5.74) is 10.0. The van der Waals surface area contributed by atoms with E-state index in [1.54, 1.807) is 0 Å². The van der Waals surface area contributed by atoms with E-state index in [9.17, 15) is 0 Å². The van der Waals surface area contributed by atoms with Crippen molar-refractivity contribution in [1.29, 1.82) is 0 Å². The van der Waals surface area contributed by atoms with Crippen LogP contribution in [0.15, 0.2) is 116 Å². The summed E-state index contributed by atoms with van der Waals surface area (Å²) >= 11 is 0. The van der Waals surface area contributed by atoms with Crippen molar-refractivity contribution in [2.45, 2.75) is 20.8 Å². The summed E-state index contributed by atoms with van der Waals surface area (Å²) in [6.45, 7) is 6.49. The van der Waals surface area contributed by atoms with Crippen molar-refractivity contribution in [3.8, 4) is 22.8 Å². The van der Waals surface area contributed by atoms with Crippen molar-refractivity contribution in [2.75, 3.05) is 0 Å². The molecule has 4 aromatic heterocycles. The Balaban J connectivity index is 1.23. The maximum atomic E-state index is 6.56. The second kappa shape index (κ2) is 9.16. The standard InChI is InChI=1S/C39H28N4O/c1-23-18-24(2)37(25(3)19-23)34-22-43-36-11-7-5-9-31(36)29-15-13-27(21-33(29)39(43)41-34)44-26-12-14-28-30-8-4-6-10-35(30)42-17-16-40-38(42)32(28)20-26/h4-22H,1-3H3. The molecular weight excluding hydrogens is 540 g/mol. The smallest absolute Gasteiger partial charge is 0.146 e. The summed E-state index contributed by atoms with van der Waals surface area (Å²) in [5.74, 6) is 1.53. The molecule has 0 unspecified atom stereocenters. The number of aromatic nitrogens is 4. The van der Waals surface area contributed by atoms with Crippen molar-refractivity contribution in [3.05, 3.63) is 132 Å². The maximum absolute atomic E-state index is 6.56. The Morgan fingerprint density at radius 2 is 1.16 bits per heavy atom. The highest BCUT2D eigenvalue weighted by atomic mass is 16.5. The van der Waals surface area contributed by atoms with Crippen LogP contribution in [0, 0.1) is 20.8 Å². The van der Waals surface area contributed by atoms with E-state index in [-0.39, 0.29) is 0 Å². The van der Waals surface area contributed by atoms with Gasteiger partial charge in [0.15, 0.2) is 0 Å². The zero-order valence-electron chi connectivity index (χ0n) is 24.7. The quantitative estimate of drug-likeness (QED) is 0.199. The zero-order chi connectivity index (χ0) is 29.5. The topological polar surface area (TPSA) is 43.8 Å². The average molecular weight is 569 g/mol. The largest absolute Gasteiger partial charge is 0.457 e. The highest BCUT2D eigenvalue weighted by molar-refractivity contribution is 6.13. The third-order valence-corrected chi connectivity index (χ3v) is 8.89. The average Bonchev–Trinajstić information content (AvgIpc) is 3.70. The van der Waals surface area contributed by atoms with Gasteiger partial charge in [0.25, 0.3) is 0 Å². The number of rotatable bonds is 3. The summed E-state index contributed by atoms with van der Waals surface area (Å²) in [7, 11) is 0. The number of ether oxygens (including phenoxy) is 1. The highest BCUT2D eigenvalue weighted by Gasteiger charge is 2.17. The third kappa shape index (κ3) is 3.59. The molecule has 4 heterocycles. The van der Waals surface area contributed by atoms with Gasteiger partial charge >= 0.3 is 0 Å². The first-order valence-corrected chi connectivity index (χ1v) is 14.9. The van der Waals surface area contributed by atoms with Gasteiger partial charge in [0.2, 0.25) is 0 Å². The first-order chi connectivity index (χ1) is 21.5. The second-order valence-corrected chi connectivity index (χ2v) is 11.8. The molecule has 0 saturated carbocycles. The summed E-state index contributed by atoms with van der Waals surface area (Å²) in [5, 5.41) is 6.79. The van der Waals surface area contributed by atoms with Crippen molar-refractivity contribution in [3.63, 3.8) is 0 Å². The summed E-state index contributed by atoms with van der Waals surface area (Å²) in [6.07, 6.45) is 6.05. The molecule has 0 saturated heterocycles. The lowest BCUT2D eigenvalue weighted by Gasteiger charge is -2.12. The predicted octanol–water partition coefficient (Wildman–Crippen LogP) is 9.98. The van der Waals surface area contributed by atoms with Crippen LogP contribution in [0.2, 0.25) is 0 Å². The molecule has 0 aliphatic carbocycles. The van der Waals surface area contributed by atoms with Gasteiger partial charge in [-0.25, -0.2) is 9.97 Å². The molecule has 0 aliphatic heterocycles. The molecule has 210 valence electrons. The fourth-order valence-electron chi connectivity index (χ4n) is 7.13. The van der Waals surface area contributed by atoms with Crippen molar-refractivity contribution < 1.29 is 4.74 Å². The first kappa shape index (κ1) is 24.9. The van der Waals surface area contributed by atoms with E-state index in [1.165, 1.54) is 33.0 Å². The Morgan fingerprint density at radius 3 is 1.82 bits per heavy atom. The van der Waals surface area contributed by atoms with Crippen molar-refractivity contribution in [2.24, 2.45) is 0 Å². The number of pyridine rings is 2. The number of hydrogen-bond donors (Lipinski definition) is 0. The lowest BCUT2D eigenvalue weighted by molar-refractivity contribution is 0.484. The second-order valence-electron chi connectivity index (χ2n) is 11.8. The molecule has 0 fully saturated rings. The van der Waals surface area contributed by atoms with E-state index in [1.807, 2.05) is 18.5 Å². The van der Waals surface area contributed by atoms with E-state index in [2.05, 4.69) is 132 Å². The lowest BCUT2D eigenvalue weighted by atomic mass is 9.98. The molecular formula is C39H28N4O. The van der Waals surface area contributed by atoms with Crippen LogP contribution in [-0.4, -0.2) is 18.8 Å². The Bertz CT molecular complexity index is 2600. The number of imidazole rings is 2. The minimum Gasteiger partial charge on any atom is -0.457 e. The highest BCUT2D eigenvalue weighted by Crippen LogP contribution is 2.37. The van der Waals surface area contributed by atoms with E-state index in [0.29, 0.717) is 0 Å². The zero-order valence-corrected chi connectivity index (χ0v) is 24.7. The Morgan fingerprint density at radius 1 is 0.568 bits per heavy atom. The molecule has 5 heteroatoms. The van der Waals surface area contributed by atoms with Crippen LogP contribution in [0.4, 0.5) is 0 Å².